The monoisotopic (exact) mass is 319 g/mol. The third-order valence-corrected chi connectivity index (χ3v) is 3.30. The molecule has 5 heteroatoms. The highest BCUT2D eigenvalue weighted by Gasteiger charge is 2.30. The maximum atomic E-state index is 12.6. The van der Waals surface area contributed by atoms with Crippen molar-refractivity contribution in [2.24, 2.45) is 0 Å². The highest BCUT2D eigenvalue weighted by molar-refractivity contribution is 6.02. The first kappa shape index (κ1) is 16.8. The minimum Gasteiger partial charge on any atom is -0.322 e. The molecule has 2 aromatic rings. The summed E-state index contributed by atoms with van der Waals surface area (Å²) in [5.74, 6) is -0.386. The molecule has 120 valence electrons. The van der Waals surface area contributed by atoms with E-state index in [0.29, 0.717) is 11.3 Å². The predicted octanol–water partition coefficient (Wildman–Crippen LogP) is 4.92. The molecule has 0 fully saturated rings. The molecule has 1 amide bonds. The van der Waals surface area contributed by atoms with Crippen LogP contribution in [0.15, 0.2) is 54.6 Å². The second-order valence-electron chi connectivity index (χ2n) is 4.96. The molecule has 0 aliphatic carbocycles. The van der Waals surface area contributed by atoms with Crippen LogP contribution in [-0.2, 0) is 17.4 Å². The molecular formula is C18H16F3NO. The summed E-state index contributed by atoms with van der Waals surface area (Å²) in [7, 11) is 0. The van der Waals surface area contributed by atoms with Gasteiger partial charge in [0.05, 0.1) is 5.56 Å². The SMILES string of the molecule is CCc1ccccc1NC(=O)/C=C/c1cccc(C(F)(F)F)c1. The molecule has 0 saturated carbocycles. The van der Waals surface area contributed by atoms with E-state index < -0.39 is 11.7 Å². The number of hydrogen-bond donors (Lipinski definition) is 1. The predicted molar refractivity (Wildman–Crippen MR) is 84.9 cm³/mol. The summed E-state index contributed by atoms with van der Waals surface area (Å²) in [5, 5.41) is 2.73. The van der Waals surface area contributed by atoms with E-state index in [1.807, 2.05) is 25.1 Å². The zero-order chi connectivity index (χ0) is 16.9. The van der Waals surface area contributed by atoms with Crippen molar-refractivity contribution in [3.05, 3.63) is 71.3 Å². The molecule has 0 aliphatic rings. The van der Waals surface area contributed by atoms with Gasteiger partial charge in [0, 0.05) is 11.8 Å². The molecule has 0 heterocycles. The molecule has 2 nitrogen and oxygen atoms in total. The molecule has 1 N–H and O–H groups in total. The molecule has 0 spiro atoms. The van der Waals surface area contributed by atoms with Crippen LogP contribution in [0.25, 0.3) is 6.08 Å². The van der Waals surface area contributed by atoms with Gasteiger partial charge in [-0.15, -0.1) is 0 Å². The maximum Gasteiger partial charge on any atom is 0.416 e. The third kappa shape index (κ3) is 4.71. The highest BCUT2D eigenvalue weighted by atomic mass is 19.4. The summed E-state index contributed by atoms with van der Waals surface area (Å²) >= 11 is 0. The topological polar surface area (TPSA) is 29.1 Å². The lowest BCUT2D eigenvalue weighted by atomic mass is 10.1. The van der Waals surface area contributed by atoms with E-state index in [1.54, 1.807) is 6.07 Å². The van der Waals surface area contributed by atoms with Gasteiger partial charge in [-0.3, -0.25) is 4.79 Å². The van der Waals surface area contributed by atoms with E-state index in [9.17, 15) is 18.0 Å². The fourth-order valence-corrected chi connectivity index (χ4v) is 2.12. The molecule has 23 heavy (non-hydrogen) atoms. The Labute approximate surface area is 132 Å². The lowest BCUT2D eigenvalue weighted by molar-refractivity contribution is -0.137. The van der Waals surface area contributed by atoms with Crippen LogP contribution in [0.4, 0.5) is 18.9 Å². The normalized spacial score (nSPS) is 11.7. The van der Waals surface area contributed by atoms with Crippen molar-refractivity contribution in [3.63, 3.8) is 0 Å². The fraction of sp³-hybridized carbons (Fsp3) is 0.167. The van der Waals surface area contributed by atoms with Crippen molar-refractivity contribution in [2.45, 2.75) is 19.5 Å². The van der Waals surface area contributed by atoms with Gasteiger partial charge in [0.1, 0.15) is 0 Å². The number of amides is 1. The first-order valence-corrected chi connectivity index (χ1v) is 7.14. The number of anilines is 1. The van der Waals surface area contributed by atoms with Crippen LogP contribution in [0.1, 0.15) is 23.6 Å². The largest absolute Gasteiger partial charge is 0.416 e. The number of hydrogen-bond acceptors (Lipinski definition) is 1. The van der Waals surface area contributed by atoms with Crippen LogP contribution in [-0.4, -0.2) is 5.91 Å². The van der Waals surface area contributed by atoms with Crippen LogP contribution in [0, 0.1) is 0 Å². The Kier molecular flexibility index (Phi) is 5.21. The van der Waals surface area contributed by atoms with E-state index in [2.05, 4.69) is 5.32 Å². The number of alkyl halides is 3. The number of nitrogens with one attached hydrogen (secondary N) is 1. The number of carbonyl (C=O) groups excluding carboxylic acids is 1. The van der Waals surface area contributed by atoms with Crippen molar-refractivity contribution < 1.29 is 18.0 Å². The Bertz CT molecular complexity index is 720. The fourth-order valence-electron chi connectivity index (χ4n) is 2.12. The number of benzene rings is 2. The molecule has 0 aromatic heterocycles. The first-order valence-electron chi connectivity index (χ1n) is 7.14. The first-order chi connectivity index (χ1) is 10.9. The van der Waals surface area contributed by atoms with E-state index in [0.717, 1.165) is 24.1 Å². The zero-order valence-corrected chi connectivity index (χ0v) is 12.5. The van der Waals surface area contributed by atoms with Gasteiger partial charge in [0.15, 0.2) is 0 Å². The summed E-state index contributed by atoms with van der Waals surface area (Å²) in [5.41, 5.74) is 1.28. The Hall–Kier alpha value is -2.56. The second-order valence-corrected chi connectivity index (χ2v) is 4.96. The summed E-state index contributed by atoms with van der Waals surface area (Å²) in [6.45, 7) is 1.98. The van der Waals surface area contributed by atoms with Crippen LogP contribution >= 0.6 is 0 Å². The summed E-state index contributed by atoms with van der Waals surface area (Å²) < 4.78 is 37.9. The Balaban J connectivity index is 2.10. The van der Waals surface area contributed by atoms with Gasteiger partial charge < -0.3 is 5.32 Å². The summed E-state index contributed by atoms with van der Waals surface area (Å²) in [6, 6.07) is 12.2. The van der Waals surface area contributed by atoms with Gasteiger partial charge in [-0.1, -0.05) is 37.3 Å². The quantitative estimate of drug-likeness (QED) is 0.796. The minimum atomic E-state index is -4.40. The van der Waals surface area contributed by atoms with Crippen LogP contribution in [0.3, 0.4) is 0 Å². The van der Waals surface area contributed by atoms with Gasteiger partial charge in [0.2, 0.25) is 5.91 Å². The van der Waals surface area contributed by atoms with Crippen LogP contribution in [0.2, 0.25) is 0 Å². The molecule has 2 aromatic carbocycles. The zero-order valence-electron chi connectivity index (χ0n) is 12.5. The van der Waals surface area contributed by atoms with Gasteiger partial charge in [-0.05, 0) is 41.8 Å². The summed E-state index contributed by atoms with van der Waals surface area (Å²) in [6.07, 6.45) is -1.04. The van der Waals surface area contributed by atoms with Crippen LogP contribution in [0.5, 0.6) is 0 Å². The van der Waals surface area contributed by atoms with E-state index >= 15 is 0 Å². The highest BCUT2D eigenvalue weighted by Crippen LogP contribution is 2.29. The number of carbonyl (C=O) groups is 1. The molecule has 0 atom stereocenters. The van der Waals surface area contributed by atoms with E-state index in [1.165, 1.54) is 24.3 Å². The molecule has 0 saturated heterocycles. The number of rotatable bonds is 4. The lowest BCUT2D eigenvalue weighted by Crippen LogP contribution is -2.09. The van der Waals surface area contributed by atoms with Gasteiger partial charge in [0.25, 0.3) is 0 Å². The Morgan fingerprint density at radius 1 is 1.13 bits per heavy atom. The smallest absolute Gasteiger partial charge is 0.322 e. The molecule has 0 unspecified atom stereocenters. The second kappa shape index (κ2) is 7.13. The molecule has 2 rings (SSSR count). The van der Waals surface area contributed by atoms with E-state index in [-0.39, 0.29) is 5.91 Å². The molecule has 0 radical (unpaired) electrons. The average molecular weight is 319 g/mol. The Morgan fingerprint density at radius 2 is 1.87 bits per heavy atom. The average Bonchev–Trinajstić information content (AvgIpc) is 2.53. The molecule has 0 aliphatic heterocycles. The summed E-state index contributed by atoms with van der Waals surface area (Å²) in [4.78, 5) is 11.9. The lowest BCUT2D eigenvalue weighted by Gasteiger charge is -2.08. The Morgan fingerprint density at radius 3 is 2.57 bits per heavy atom. The standard InChI is InChI=1S/C18H16F3NO/c1-2-14-7-3-4-9-16(14)22-17(23)11-10-13-6-5-8-15(12-13)18(19,20)21/h3-12H,2H2,1H3,(H,22,23)/b11-10+. The van der Waals surface area contributed by atoms with Gasteiger partial charge >= 0.3 is 6.18 Å². The number of halogens is 3. The van der Waals surface area contributed by atoms with E-state index in [4.69, 9.17) is 0 Å². The van der Waals surface area contributed by atoms with Gasteiger partial charge in [-0.2, -0.15) is 13.2 Å². The van der Waals surface area contributed by atoms with Gasteiger partial charge in [-0.25, -0.2) is 0 Å². The van der Waals surface area contributed by atoms with Crippen molar-refractivity contribution in [1.82, 2.24) is 0 Å². The third-order valence-electron chi connectivity index (χ3n) is 3.30. The van der Waals surface area contributed by atoms with Crippen LogP contribution < -0.4 is 5.32 Å². The van der Waals surface area contributed by atoms with Crippen molar-refractivity contribution in [3.8, 4) is 0 Å². The maximum absolute atomic E-state index is 12.6. The van der Waals surface area contributed by atoms with Crippen molar-refractivity contribution in [1.29, 1.82) is 0 Å². The van der Waals surface area contributed by atoms with Crippen molar-refractivity contribution in [2.75, 3.05) is 5.32 Å². The minimum absolute atomic E-state index is 0.318. The van der Waals surface area contributed by atoms with Crippen molar-refractivity contribution >= 4 is 17.7 Å². The number of para-hydroxylation sites is 1. The molecular weight excluding hydrogens is 303 g/mol. The molecule has 0 bridgehead atoms. The number of aryl methyl sites for hydroxylation is 1.